The minimum absolute atomic E-state index is 0. The fourth-order valence-corrected chi connectivity index (χ4v) is 0.722. The normalized spacial score (nSPS) is 10.1. The number of esters is 1. The van der Waals surface area contributed by atoms with Gasteiger partial charge in [0.2, 0.25) is 10.4 Å². The Kier molecular flexibility index (Phi) is 8.70. The minimum atomic E-state index is -4.79. The third-order valence-electron chi connectivity index (χ3n) is 0.942. The van der Waals surface area contributed by atoms with E-state index in [0.29, 0.717) is 0 Å². The van der Waals surface area contributed by atoms with E-state index in [0.717, 1.165) is 0 Å². The number of carbonyl (C=O) groups is 1. The molecule has 0 unspecified atom stereocenters. The van der Waals surface area contributed by atoms with Crippen LogP contribution in [0.25, 0.3) is 0 Å². The van der Waals surface area contributed by atoms with Crippen molar-refractivity contribution in [3.8, 4) is 0 Å². The zero-order valence-electron chi connectivity index (χ0n) is 7.98. The summed E-state index contributed by atoms with van der Waals surface area (Å²) < 4.78 is 38.1. The monoisotopic (exact) mass is 232 g/mol. The minimum Gasteiger partial charge on any atom is -0.726 e. The van der Waals surface area contributed by atoms with Crippen molar-refractivity contribution in [2.24, 2.45) is 0 Å². The van der Waals surface area contributed by atoms with Gasteiger partial charge in [0.05, 0.1) is 18.8 Å². The van der Waals surface area contributed by atoms with Crippen LogP contribution >= 0.6 is 0 Å². The van der Waals surface area contributed by atoms with E-state index in [9.17, 15) is 17.8 Å². The van der Waals surface area contributed by atoms with E-state index in [1.54, 1.807) is 6.92 Å². The number of hydrogen-bond acceptors (Lipinski definition) is 6. The summed E-state index contributed by atoms with van der Waals surface area (Å²) in [4.78, 5) is 10.8. The molecule has 0 aliphatic heterocycles. The predicted octanol–water partition coefficient (Wildman–Crippen LogP) is -3.41. The van der Waals surface area contributed by atoms with Crippen LogP contribution in [-0.2, 0) is 24.1 Å². The van der Waals surface area contributed by atoms with E-state index < -0.39 is 23.0 Å². The van der Waals surface area contributed by atoms with Crippen LogP contribution in [0.2, 0.25) is 0 Å². The maximum absolute atomic E-state index is 10.8. The van der Waals surface area contributed by atoms with Crippen molar-refractivity contribution in [2.75, 3.05) is 13.2 Å². The predicted molar refractivity (Wildman–Crippen MR) is 41.4 cm³/mol. The summed E-state index contributed by atoms with van der Waals surface area (Å²) in [6.07, 6.45) is 0. The van der Waals surface area contributed by atoms with Crippen LogP contribution in [0, 0.1) is 0 Å². The molecule has 0 aliphatic carbocycles. The van der Waals surface area contributed by atoms with Gasteiger partial charge in [0.15, 0.2) is 0 Å². The Hall–Kier alpha value is 0.0800. The SMILES string of the molecule is C=C(COS(=O)(=O)[O-])C(=O)OCC.[Na+]. The van der Waals surface area contributed by atoms with E-state index in [-0.39, 0.29) is 41.7 Å². The van der Waals surface area contributed by atoms with E-state index in [1.165, 1.54) is 0 Å². The van der Waals surface area contributed by atoms with Crippen LogP contribution in [-0.4, -0.2) is 32.2 Å². The molecular weight excluding hydrogens is 223 g/mol. The van der Waals surface area contributed by atoms with E-state index >= 15 is 0 Å². The van der Waals surface area contributed by atoms with Gasteiger partial charge < -0.3 is 9.29 Å². The van der Waals surface area contributed by atoms with Gasteiger partial charge in [0.1, 0.15) is 0 Å². The molecule has 0 saturated carbocycles. The Morgan fingerprint density at radius 1 is 1.50 bits per heavy atom. The van der Waals surface area contributed by atoms with Gasteiger partial charge in [0.25, 0.3) is 0 Å². The molecular formula is C6H9NaO6S. The standard InChI is InChI=1S/C6H10O6S.Na/c1-3-11-6(7)5(2)4-12-13(8,9)10;/h2-4H2,1H3,(H,8,9,10);/q;+1/p-1. The third-order valence-corrected chi connectivity index (χ3v) is 1.35. The van der Waals surface area contributed by atoms with Gasteiger partial charge in [0, 0.05) is 0 Å². The van der Waals surface area contributed by atoms with Crippen molar-refractivity contribution in [2.45, 2.75) is 6.92 Å². The van der Waals surface area contributed by atoms with Gasteiger partial charge in [-0.15, -0.1) is 0 Å². The van der Waals surface area contributed by atoms with E-state index in [4.69, 9.17) is 0 Å². The molecule has 0 aromatic heterocycles. The molecule has 0 saturated heterocycles. The second kappa shape index (κ2) is 7.38. The van der Waals surface area contributed by atoms with Crippen LogP contribution in [0.1, 0.15) is 6.92 Å². The molecule has 0 N–H and O–H groups in total. The average molecular weight is 232 g/mol. The summed E-state index contributed by atoms with van der Waals surface area (Å²) in [5.41, 5.74) is -0.221. The Morgan fingerprint density at radius 2 is 2.00 bits per heavy atom. The summed E-state index contributed by atoms with van der Waals surface area (Å²) in [5, 5.41) is 0. The summed E-state index contributed by atoms with van der Waals surface area (Å²) >= 11 is 0. The summed E-state index contributed by atoms with van der Waals surface area (Å²) in [7, 11) is -4.79. The second-order valence-corrected chi connectivity index (χ2v) is 3.05. The first-order valence-electron chi connectivity index (χ1n) is 3.32. The number of ether oxygens (including phenoxy) is 1. The summed E-state index contributed by atoms with van der Waals surface area (Å²) in [5.74, 6) is -0.786. The third kappa shape index (κ3) is 8.67. The topological polar surface area (TPSA) is 92.7 Å². The Labute approximate surface area is 105 Å². The molecule has 8 heteroatoms. The first-order chi connectivity index (χ1) is 5.87. The van der Waals surface area contributed by atoms with E-state index in [2.05, 4.69) is 15.5 Å². The quantitative estimate of drug-likeness (QED) is 0.161. The zero-order chi connectivity index (χ0) is 10.5. The first-order valence-corrected chi connectivity index (χ1v) is 4.65. The molecule has 0 fully saturated rings. The van der Waals surface area contributed by atoms with Crippen LogP contribution in [0.3, 0.4) is 0 Å². The van der Waals surface area contributed by atoms with Gasteiger partial charge in [-0.2, -0.15) is 0 Å². The largest absolute Gasteiger partial charge is 1.00 e. The van der Waals surface area contributed by atoms with Crippen molar-refractivity contribution in [1.82, 2.24) is 0 Å². The molecule has 0 atom stereocenters. The van der Waals surface area contributed by atoms with Gasteiger partial charge in [-0.05, 0) is 6.92 Å². The molecule has 0 rings (SSSR count). The van der Waals surface area contributed by atoms with Crippen molar-refractivity contribution >= 4 is 16.4 Å². The number of carbonyl (C=O) groups excluding carboxylic acids is 1. The molecule has 0 aromatic rings. The van der Waals surface area contributed by atoms with Gasteiger partial charge in [-0.25, -0.2) is 13.2 Å². The smallest absolute Gasteiger partial charge is 0.726 e. The first kappa shape index (κ1) is 16.5. The molecule has 0 heterocycles. The average Bonchev–Trinajstić information content (AvgIpc) is 1.99. The van der Waals surface area contributed by atoms with Crippen molar-refractivity contribution < 1.29 is 56.2 Å². The molecule has 6 nitrogen and oxygen atoms in total. The number of hydrogen-bond donors (Lipinski definition) is 0. The molecule has 0 aromatic carbocycles. The van der Waals surface area contributed by atoms with Gasteiger partial charge >= 0.3 is 35.5 Å². The molecule has 0 spiro atoms. The maximum Gasteiger partial charge on any atom is 1.00 e. The van der Waals surface area contributed by atoms with Gasteiger partial charge in [-0.1, -0.05) is 6.58 Å². The molecule has 76 valence electrons. The van der Waals surface area contributed by atoms with Crippen LogP contribution in [0.15, 0.2) is 12.2 Å². The Morgan fingerprint density at radius 3 is 2.36 bits per heavy atom. The second-order valence-electron chi connectivity index (χ2n) is 1.99. The summed E-state index contributed by atoms with van der Waals surface area (Å²) in [6, 6.07) is 0. The molecule has 0 amide bonds. The van der Waals surface area contributed by atoms with Crippen molar-refractivity contribution in [3.05, 3.63) is 12.2 Å². The van der Waals surface area contributed by atoms with Crippen molar-refractivity contribution in [3.63, 3.8) is 0 Å². The van der Waals surface area contributed by atoms with Crippen molar-refractivity contribution in [1.29, 1.82) is 0 Å². The fourth-order valence-electron chi connectivity index (χ4n) is 0.435. The maximum atomic E-state index is 10.8. The zero-order valence-corrected chi connectivity index (χ0v) is 10.8. The molecule has 0 radical (unpaired) electrons. The van der Waals surface area contributed by atoms with Crippen LogP contribution in [0.4, 0.5) is 0 Å². The van der Waals surface area contributed by atoms with Crippen LogP contribution < -0.4 is 29.6 Å². The number of rotatable bonds is 5. The molecule has 0 bridgehead atoms. The summed E-state index contributed by atoms with van der Waals surface area (Å²) in [6.45, 7) is 4.22. The fraction of sp³-hybridized carbons (Fsp3) is 0.500. The molecule has 14 heavy (non-hydrogen) atoms. The van der Waals surface area contributed by atoms with Crippen LogP contribution in [0.5, 0.6) is 0 Å². The van der Waals surface area contributed by atoms with Gasteiger partial charge in [-0.3, -0.25) is 4.18 Å². The Balaban J connectivity index is 0. The van der Waals surface area contributed by atoms with E-state index in [1.807, 2.05) is 0 Å². The Bertz CT molecular complexity index is 295. The molecule has 0 aliphatic rings.